The number of fused-ring (bicyclic) bond motifs is 1. The zero-order valence-electron chi connectivity index (χ0n) is 23.0. The summed E-state index contributed by atoms with van der Waals surface area (Å²) in [5.74, 6) is -1.86. The summed E-state index contributed by atoms with van der Waals surface area (Å²) in [6.45, 7) is 6.69. The van der Waals surface area contributed by atoms with Crippen molar-refractivity contribution >= 4 is 28.7 Å². The molecule has 1 aliphatic carbocycles. The maximum atomic E-state index is 13.5. The van der Waals surface area contributed by atoms with Gasteiger partial charge >= 0.3 is 0 Å². The Hall–Kier alpha value is -2.72. The number of pyridine rings is 2. The SMILES string of the molecule is CSc1cc(C)[nH]c(=O)c1CNC(=O)c1c(C)n(C(C)C2CCC(CN3CC(F)(F)C3)CC2)c2ncccc12. The number of carbonyl (C=O) groups excluding carboxylic acids is 1. The largest absolute Gasteiger partial charge is 0.348 e. The van der Waals surface area contributed by atoms with Gasteiger partial charge in [-0.25, -0.2) is 13.8 Å². The zero-order chi connectivity index (χ0) is 27.9. The average molecular weight is 558 g/mol. The smallest absolute Gasteiger partial charge is 0.272 e. The van der Waals surface area contributed by atoms with Crippen LogP contribution < -0.4 is 10.9 Å². The van der Waals surface area contributed by atoms with Crippen molar-refractivity contribution in [1.82, 2.24) is 24.8 Å². The van der Waals surface area contributed by atoms with Gasteiger partial charge < -0.3 is 14.9 Å². The quantitative estimate of drug-likeness (QED) is 0.367. The Morgan fingerprint density at radius 2 is 1.97 bits per heavy atom. The molecule has 1 saturated heterocycles. The Bertz CT molecular complexity index is 1420. The highest BCUT2D eigenvalue weighted by Crippen LogP contribution is 2.40. The number of halogens is 2. The molecule has 10 heteroatoms. The molecule has 3 aromatic rings. The molecule has 7 nitrogen and oxygen atoms in total. The van der Waals surface area contributed by atoms with E-state index in [0.29, 0.717) is 23.0 Å². The Balaban J connectivity index is 1.32. The number of alkyl halides is 2. The minimum absolute atomic E-state index is 0.106. The molecule has 2 N–H and O–H groups in total. The zero-order valence-corrected chi connectivity index (χ0v) is 23.8. The van der Waals surface area contributed by atoms with Crippen molar-refractivity contribution in [2.45, 2.75) is 69.9 Å². The van der Waals surface area contributed by atoms with Crippen LogP contribution in [0.15, 0.2) is 34.1 Å². The van der Waals surface area contributed by atoms with E-state index >= 15 is 0 Å². The van der Waals surface area contributed by atoms with Gasteiger partial charge in [0.1, 0.15) is 5.65 Å². The number of amides is 1. The molecule has 210 valence electrons. The molecule has 0 aromatic carbocycles. The van der Waals surface area contributed by atoms with Crippen molar-refractivity contribution in [3.05, 3.63) is 57.3 Å². The van der Waals surface area contributed by atoms with Gasteiger partial charge in [-0.3, -0.25) is 14.5 Å². The molecule has 1 saturated carbocycles. The molecule has 0 spiro atoms. The van der Waals surface area contributed by atoms with Gasteiger partial charge in [0.2, 0.25) is 0 Å². The molecule has 3 aromatic heterocycles. The van der Waals surface area contributed by atoms with E-state index in [0.717, 1.165) is 59.5 Å². The lowest BCUT2D eigenvalue weighted by molar-refractivity contribution is -0.135. The van der Waals surface area contributed by atoms with E-state index in [-0.39, 0.29) is 37.1 Å². The van der Waals surface area contributed by atoms with Crippen LogP contribution in [0, 0.1) is 25.7 Å². The van der Waals surface area contributed by atoms with E-state index in [2.05, 4.69) is 26.8 Å². The van der Waals surface area contributed by atoms with Crippen molar-refractivity contribution < 1.29 is 13.6 Å². The molecule has 1 amide bonds. The third kappa shape index (κ3) is 5.63. The highest BCUT2D eigenvalue weighted by Gasteiger charge is 2.44. The van der Waals surface area contributed by atoms with Gasteiger partial charge in [-0.2, -0.15) is 0 Å². The highest BCUT2D eigenvalue weighted by atomic mass is 32.2. The fourth-order valence-electron chi connectivity index (χ4n) is 6.50. The Morgan fingerprint density at radius 3 is 2.64 bits per heavy atom. The number of aromatic amines is 1. The van der Waals surface area contributed by atoms with Gasteiger partial charge in [0, 0.05) is 52.6 Å². The molecule has 1 unspecified atom stereocenters. The van der Waals surface area contributed by atoms with Crippen LogP contribution in [0.5, 0.6) is 0 Å². The second-order valence-corrected chi connectivity index (χ2v) is 12.1. The summed E-state index contributed by atoms with van der Waals surface area (Å²) in [5, 5.41) is 3.78. The van der Waals surface area contributed by atoms with Crippen molar-refractivity contribution in [2.75, 3.05) is 25.9 Å². The minimum atomic E-state index is -2.51. The number of aromatic nitrogens is 3. The van der Waals surface area contributed by atoms with Crippen LogP contribution in [0.3, 0.4) is 0 Å². The standard InChI is InChI=1S/C29H37F2N5O2S/c1-17-12-24(39-4)23(27(37)34-17)13-33-28(38)25-19(3)36(26-22(25)6-5-11-32-26)18(2)21-9-7-20(8-10-21)14-35-15-29(30,31)16-35/h5-6,11-12,18,20-21H,7-10,13-16H2,1-4H3,(H,33,38)(H,34,37). The fourth-order valence-corrected chi connectivity index (χ4v) is 7.21. The molecule has 39 heavy (non-hydrogen) atoms. The monoisotopic (exact) mass is 557 g/mol. The van der Waals surface area contributed by atoms with E-state index in [1.54, 1.807) is 6.20 Å². The minimum Gasteiger partial charge on any atom is -0.348 e. The summed E-state index contributed by atoms with van der Waals surface area (Å²) in [5.41, 5.74) is 3.39. The molecule has 4 heterocycles. The molecule has 5 rings (SSSR count). The Morgan fingerprint density at radius 1 is 1.26 bits per heavy atom. The lowest BCUT2D eigenvalue weighted by Gasteiger charge is -2.42. The molecular formula is C29H37F2N5O2S. The van der Waals surface area contributed by atoms with Gasteiger partial charge in [-0.05, 0) is 82.7 Å². The summed E-state index contributed by atoms with van der Waals surface area (Å²) >= 11 is 1.49. The normalized spacial score (nSPS) is 22.0. The van der Waals surface area contributed by atoms with Gasteiger partial charge in [-0.1, -0.05) is 0 Å². The lowest BCUT2D eigenvalue weighted by atomic mass is 9.78. The van der Waals surface area contributed by atoms with E-state index in [9.17, 15) is 18.4 Å². The number of hydrogen-bond acceptors (Lipinski definition) is 5. The molecular weight excluding hydrogens is 520 g/mol. The van der Waals surface area contributed by atoms with Gasteiger partial charge in [0.15, 0.2) is 0 Å². The predicted molar refractivity (Wildman–Crippen MR) is 151 cm³/mol. The first kappa shape index (κ1) is 27.8. The summed E-state index contributed by atoms with van der Waals surface area (Å²) in [4.78, 5) is 36.3. The first-order valence-corrected chi connectivity index (χ1v) is 14.9. The topological polar surface area (TPSA) is 83.0 Å². The third-order valence-electron chi connectivity index (χ3n) is 8.52. The fraction of sp³-hybridized carbons (Fsp3) is 0.552. The van der Waals surface area contributed by atoms with Crippen molar-refractivity contribution in [1.29, 1.82) is 0 Å². The summed E-state index contributed by atoms with van der Waals surface area (Å²) in [7, 11) is 0. The maximum Gasteiger partial charge on any atom is 0.272 e. The molecule has 2 fully saturated rings. The molecule has 2 aliphatic rings. The number of carbonyl (C=O) groups is 1. The number of nitrogens with zero attached hydrogens (tertiary/aromatic N) is 3. The third-order valence-corrected chi connectivity index (χ3v) is 9.32. The van der Waals surface area contributed by atoms with Gasteiger partial charge in [-0.15, -0.1) is 11.8 Å². The van der Waals surface area contributed by atoms with E-state index in [4.69, 9.17) is 0 Å². The second kappa shape index (κ2) is 11.0. The van der Waals surface area contributed by atoms with E-state index in [1.807, 2.05) is 43.2 Å². The number of rotatable bonds is 8. The number of nitrogens with one attached hydrogen (secondary N) is 2. The number of H-pyrrole nitrogens is 1. The maximum absolute atomic E-state index is 13.5. The number of thioether (sulfide) groups is 1. The van der Waals surface area contributed by atoms with Crippen LogP contribution >= 0.6 is 11.8 Å². The molecule has 0 bridgehead atoms. The summed E-state index contributed by atoms with van der Waals surface area (Å²) in [6, 6.07) is 5.83. The summed E-state index contributed by atoms with van der Waals surface area (Å²) in [6.07, 6.45) is 7.77. The van der Waals surface area contributed by atoms with E-state index < -0.39 is 5.92 Å². The van der Waals surface area contributed by atoms with Crippen LogP contribution in [0.4, 0.5) is 8.78 Å². The molecule has 1 atom stereocenters. The Kier molecular flexibility index (Phi) is 7.88. The Labute approximate surface area is 231 Å². The highest BCUT2D eigenvalue weighted by molar-refractivity contribution is 7.98. The predicted octanol–water partition coefficient (Wildman–Crippen LogP) is 5.31. The number of aryl methyl sites for hydroxylation is 1. The van der Waals surface area contributed by atoms with Gasteiger partial charge in [0.25, 0.3) is 17.4 Å². The van der Waals surface area contributed by atoms with Crippen LogP contribution in [-0.2, 0) is 6.54 Å². The van der Waals surface area contributed by atoms with Crippen LogP contribution in [0.25, 0.3) is 11.0 Å². The lowest BCUT2D eigenvalue weighted by Crippen LogP contribution is -2.57. The number of likely N-dealkylation sites (tertiary alicyclic amines) is 1. The van der Waals surface area contributed by atoms with Crippen molar-refractivity contribution in [2.24, 2.45) is 11.8 Å². The van der Waals surface area contributed by atoms with Crippen molar-refractivity contribution in [3.8, 4) is 0 Å². The van der Waals surface area contributed by atoms with Crippen LogP contribution in [0.2, 0.25) is 0 Å². The van der Waals surface area contributed by atoms with E-state index in [1.165, 1.54) is 11.8 Å². The summed E-state index contributed by atoms with van der Waals surface area (Å²) < 4.78 is 28.6. The number of hydrogen-bond donors (Lipinski definition) is 2. The second-order valence-electron chi connectivity index (χ2n) is 11.3. The van der Waals surface area contributed by atoms with Crippen LogP contribution in [0.1, 0.15) is 66.0 Å². The first-order chi connectivity index (χ1) is 18.6. The first-order valence-electron chi connectivity index (χ1n) is 13.7. The van der Waals surface area contributed by atoms with Crippen LogP contribution in [-0.4, -0.2) is 57.2 Å². The average Bonchev–Trinajstić information content (AvgIpc) is 3.18. The van der Waals surface area contributed by atoms with Gasteiger partial charge in [0.05, 0.1) is 18.7 Å². The van der Waals surface area contributed by atoms with Crippen molar-refractivity contribution in [3.63, 3.8) is 0 Å². The molecule has 0 radical (unpaired) electrons. The molecule has 1 aliphatic heterocycles.